The van der Waals surface area contributed by atoms with E-state index in [-0.39, 0.29) is 5.56 Å². The molecule has 20 heavy (non-hydrogen) atoms. The molecular weight excluding hydrogens is 280 g/mol. The van der Waals surface area contributed by atoms with Crippen molar-refractivity contribution in [3.05, 3.63) is 29.3 Å². The molecule has 2 N–H and O–H groups in total. The van der Waals surface area contributed by atoms with Crippen molar-refractivity contribution < 1.29 is 18.3 Å². The maximum Gasteiger partial charge on any atom is 0.335 e. The number of aryl methyl sites for hydroxylation is 1. The van der Waals surface area contributed by atoms with E-state index in [1.54, 1.807) is 6.92 Å². The highest BCUT2D eigenvalue weighted by Gasteiger charge is 2.23. The van der Waals surface area contributed by atoms with Crippen LogP contribution >= 0.6 is 0 Å². The second-order valence-electron chi connectivity index (χ2n) is 4.90. The largest absolute Gasteiger partial charge is 0.478 e. The summed E-state index contributed by atoms with van der Waals surface area (Å²) in [6.07, 6.45) is 2.80. The van der Waals surface area contributed by atoms with E-state index in [0.717, 1.165) is 19.3 Å². The monoisotopic (exact) mass is 298 g/mol. The first-order valence-electron chi connectivity index (χ1n) is 6.52. The van der Waals surface area contributed by atoms with E-state index < -0.39 is 16.2 Å². The van der Waals surface area contributed by atoms with E-state index in [4.69, 9.17) is 5.11 Å². The molecule has 1 heterocycles. The van der Waals surface area contributed by atoms with Gasteiger partial charge in [0.2, 0.25) is 0 Å². The number of hydrogen-bond acceptors (Lipinski definition) is 3. The van der Waals surface area contributed by atoms with Gasteiger partial charge in [0.1, 0.15) is 0 Å². The van der Waals surface area contributed by atoms with Gasteiger partial charge in [-0.15, -0.1) is 0 Å². The third kappa shape index (κ3) is 3.29. The Hall–Kier alpha value is -1.60. The Morgan fingerprint density at radius 3 is 2.45 bits per heavy atom. The van der Waals surface area contributed by atoms with Crippen molar-refractivity contribution in [2.45, 2.75) is 26.2 Å². The summed E-state index contributed by atoms with van der Waals surface area (Å²) in [6.45, 7) is 2.70. The van der Waals surface area contributed by atoms with Crippen molar-refractivity contribution in [1.82, 2.24) is 4.31 Å². The molecular formula is C13H18N2O4S. The number of aromatic carboxylic acids is 1. The molecule has 110 valence electrons. The summed E-state index contributed by atoms with van der Waals surface area (Å²) in [6, 6.07) is 4.41. The molecule has 6 nitrogen and oxygen atoms in total. The highest BCUT2D eigenvalue weighted by molar-refractivity contribution is 7.90. The van der Waals surface area contributed by atoms with Crippen molar-refractivity contribution in [2.75, 3.05) is 17.8 Å². The average molecular weight is 298 g/mol. The minimum absolute atomic E-state index is 0.172. The molecule has 1 fully saturated rings. The molecule has 0 atom stereocenters. The van der Waals surface area contributed by atoms with E-state index >= 15 is 0 Å². The van der Waals surface area contributed by atoms with Gasteiger partial charge < -0.3 is 5.11 Å². The molecule has 1 saturated heterocycles. The molecule has 0 aliphatic carbocycles. The molecule has 0 spiro atoms. The summed E-state index contributed by atoms with van der Waals surface area (Å²) in [4.78, 5) is 10.9. The van der Waals surface area contributed by atoms with Crippen LogP contribution in [0.3, 0.4) is 0 Å². The van der Waals surface area contributed by atoms with Gasteiger partial charge in [-0.25, -0.2) is 4.79 Å². The standard InChI is InChI=1S/C13H18N2O4S/c1-10-9-11(5-6-12(10)13(16)17)14-20(18,19)15-7-3-2-4-8-15/h5-6,9,14H,2-4,7-8H2,1H3,(H,16,17). The molecule has 0 aromatic heterocycles. The van der Waals surface area contributed by atoms with Crippen molar-refractivity contribution in [3.8, 4) is 0 Å². The van der Waals surface area contributed by atoms with Crippen LogP contribution in [0.15, 0.2) is 18.2 Å². The minimum Gasteiger partial charge on any atom is -0.478 e. The summed E-state index contributed by atoms with van der Waals surface area (Å²) in [7, 11) is -3.55. The lowest BCUT2D eigenvalue weighted by atomic mass is 10.1. The molecule has 1 aliphatic heterocycles. The quantitative estimate of drug-likeness (QED) is 0.888. The second kappa shape index (κ2) is 5.80. The maximum absolute atomic E-state index is 12.2. The molecule has 0 unspecified atom stereocenters. The summed E-state index contributed by atoms with van der Waals surface area (Å²) >= 11 is 0. The van der Waals surface area contributed by atoms with Gasteiger partial charge in [-0.2, -0.15) is 12.7 Å². The van der Waals surface area contributed by atoms with Gasteiger partial charge in [0.05, 0.1) is 11.3 Å². The Bertz CT molecular complexity index is 607. The Balaban J connectivity index is 2.17. The van der Waals surface area contributed by atoms with Crippen molar-refractivity contribution in [2.24, 2.45) is 0 Å². The number of benzene rings is 1. The highest BCUT2D eigenvalue weighted by Crippen LogP contribution is 2.19. The first-order chi connectivity index (χ1) is 9.40. The van der Waals surface area contributed by atoms with Gasteiger partial charge >= 0.3 is 16.2 Å². The summed E-state index contributed by atoms with van der Waals surface area (Å²) in [5, 5.41) is 8.95. The number of rotatable bonds is 4. The van der Waals surface area contributed by atoms with Crippen molar-refractivity contribution in [3.63, 3.8) is 0 Å². The fourth-order valence-corrected chi connectivity index (χ4v) is 3.58. The fourth-order valence-electron chi connectivity index (χ4n) is 2.29. The zero-order chi connectivity index (χ0) is 14.8. The number of piperidine rings is 1. The van der Waals surface area contributed by atoms with E-state index in [9.17, 15) is 13.2 Å². The van der Waals surface area contributed by atoms with Crippen molar-refractivity contribution in [1.29, 1.82) is 0 Å². The first kappa shape index (κ1) is 14.8. The van der Waals surface area contributed by atoms with E-state index in [1.165, 1.54) is 22.5 Å². The molecule has 1 aromatic rings. The summed E-state index contributed by atoms with van der Waals surface area (Å²) in [5.74, 6) is -1.02. The number of nitrogens with one attached hydrogen (secondary N) is 1. The van der Waals surface area contributed by atoms with Crippen LogP contribution in [0.25, 0.3) is 0 Å². The number of hydrogen-bond donors (Lipinski definition) is 2. The van der Waals surface area contributed by atoms with Crippen LogP contribution < -0.4 is 4.72 Å². The Kier molecular flexibility index (Phi) is 4.29. The lowest BCUT2D eigenvalue weighted by molar-refractivity contribution is 0.0696. The summed E-state index contributed by atoms with van der Waals surface area (Å²) < 4.78 is 28.3. The molecule has 0 amide bonds. The second-order valence-corrected chi connectivity index (χ2v) is 6.57. The number of carboxylic acids is 1. The zero-order valence-electron chi connectivity index (χ0n) is 11.3. The van der Waals surface area contributed by atoms with Gasteiger partial charge in [0.15, 0.2) is 0 Å². The summed E-state index contributed by atoms with van der Waals surface area (Å²) in [5.41, 5.74) is 1.08. The van der Waals surface area contributed by atoms with Gasteiger partial charge in [-0.05, 0) is 43.5 Å². The fraction of sp³-hybridized carbons (Fsp3) is 0.462. The van der Waals surface area contributed by atoms with E-state index in [2.05, 4.69) is 4.72 Å². The normalized spacial score (nSPS) is 16.9. The molecule has 1 aliphatic rings. The minimum atomic E-state index is -3.55. The van der Waals surface area contributed by atoms with Crippen LogP contribution in [0, 0.1) is 6.92 Å². The Morgan fingerprint density at radius 1 is 1.25 bits per heavy atom. The molecule has 0 saturated carbocycles. The van der Waals surface area contributed by atoms with Gasteiger partial charge in [0, 0.05) is 13.1 Å². The van der Waals surface area contributed by atoms with Crippen LogP contribution in [0.1, 0.15) is 35.2 Å². The topological polar surface area (TPSA) is 86.7 Å². The van der Waals surface area contributed by atoms with Gasteiger partial charge in [-0.1, -0.05) is 6.42 Å². The van der Waals surface area contributed by atoms with Crippen LogP contribution in [0.2, 0.25) is 0 Å². The van der Waals surface area contributed by atoms with E-state index in [1.807, 2.05) is 0 Å². The maximum atomic E-state index is 12.2. The number of carbonyl (C=O) groups is 1. The number of anilines is 1. The molecule has 7 heteroatoms. The van der Waals surface area contributed by atoms with E-state index in [0.29, 0.717) is 24.3 Å². The molecule has 2 rings (SSSR count). The lowest BCUT2D eigenvalue weighted by Gasteiger charge is -2.26. The lowest BCUT2D eigenvalue weighted by Crippen LogP contribution is -2.39. The van der Waals surface area contributed by atoms with Crippen molar-refractivity contribution >= 4 is 21.9 Å². The zero-order valence-corrected chi connectivity index (χ0v) is 12.1. The predicted octanol–water partition coefficient (Wildman–Crippen LogP) is 1.84. The third-order valence-corrected chi connectivity index (χ3v) is 4.90. The molecule has 0 bridgehead atoms. The van der Waals surface area contributed by atoms with Crippen LogP contribution in [-0.4, -0.2) is 36.9 Å². The predicted molar refractivity (Wildman–Crippen MR) is 76.1 cm³/mol. The SMILES string of the molecule is Cc1cc(NS(=O)(=O)N2CCCCC2)ccc1C(=O)O. The Labute approximate surface area is 118 Å². The smallest absolute Gasteiger partial charge is 0.335 e. The molecule has 0 radical (unpaired) electrons. The van der Waals surface area contributed by atoms with Gasteiger partial charge in [0.25, 0.3) is 0 Å². The van der Waals surface area contributed by atoms with Crippen LogP contribution in [-0.2, 0) is 10.2 Å². The number of carboxylic acid groups (broad SMARTS) is 1. The van der Waals surface area contributed by atoms with Crippen LogP contribution in [0.5, 0.6) is 0 Å². The van der Waals surface area contributed by atoms with Crippen LogP contribution in [0.4, 0.5) is 5.69 Å². The third-order valence-electron chi connectivity index (χ3n) is 3.36. The average Bonchev–Trinajstić information content (AvgIpc) is 2.39. The first-order valence-corrected chi connectivity index (χ1v) is 7.96. The molecule has 1 aromatic carbocycles. The number of nitrogens with zero attached hydrogens (tertiary/aromatic N) is 1. The Morgan fingerprint density at radius 2 is 1.90 bits per heavy atom. The highest BCUT2D eigenvalue weighted by atomic mass is 32.2. The van der Waals surface area contributed by atoms with Gasteiger partial charge in [-0.3, -0.25) is 4.72 Å².